The van der Waals surface area contributed by atoms with Gasteiger partial charge in [0.05, 0.1) is 6.61 Å². The lowest BCUT2D eigenvalue weighted by Crippen LogP contribution is -2.22. The molecule has 0 spiro atoms. The summed E-state index contributed by atoms with van der Waals surface area (Å²) in [5.41, 5.74) is 0. The molecule has 0 aliphatic carbocycles. The van der Waals surface area contributed by atoms with Gasteiger partial charge >= 0.3 is 5.97 Å². The van der Waals surface area contributed by atoms with Crippen LogP contribution in [0.3, 0.4) is 0 Å². The van der Waals surface area contributed by atoms with E-state index in [-0.39, 0.29) is 11.8 Å². The van der Waals surface area contributed by atoms with Crippen molar-refractivity contribution in [3.05, 3.63) is 0 Å². The van der Waals surface area contributed by atoms with Crippen molar-refractivity contribution < 1.29 is 19.8 Å². The second-order valence-corrected chi connectivity index (χ2v) is 9.22. The summed E-state index contributed by atoms with van der Waals surface area (Å²) >= 11 is 0. The summed E-state index contributed by atoms with van der Waals surface area (Å²) in [6, 6.07) is 0.909. The van der Waals surface area contributed by atoms with Crippen molar-refractivity contribution in [1.29, 1.82) is 0 Å². The summed E-state index contributed by atoms with van der Waals surface area (Å²) in [5, 5.41) is 0. The lowest BCUT2D eigenvalue weighted by Gasteiger charge is -2.14. The van der Waals surface area contributed by atoms with E-state index in [1.807, 2.05) is 0 Å². The predicted molar refractivity (Wildman–Crippen MR) is 48.8 cm³/mol. The lowest BCUT2D eigenvalue weighted by molar-refractivity contribution is -0.148. The fourth-order valence-electron chi connectivity index (χ4n) is 0.492. The summed E-state index contributed by atoms with van der Waals surface area (Å²) < 4.78 is 4.59. The van der Waals surface area contributed by atoms with Crippen LogP contribution in [0.15, 0.2) is 0 Å². The number of esters is 1. The van der Waals surface area contributed by atoms with Crippen LogP contribution in [0.5, 0.6) is 0 Å². The van der Waals surface area contributed by atoms with Crippen LogP contribution in [0.4, 0.5) is 0 Å². The highest BCUT2D eigenvalue weighted by molar-refractivity contribution is 6.76. The molecule has 0 bridgehead atoms. The molecule has 0 atom stereocenters. The van der Waals surface area contributed by atoms with Crippen LogP contribution < -0.4 is 0 Å². The second kappa shape index (κ2) is 5.90. The van der Waals surface area contributed by atoms with E-state index in [9.17, 15) is 9.59 Å². The Labute approximate surface area is 73.2 Å². The van der Waals surface area contributed by atoms with Crippen molar-refractivity contribution in [1.82, 2.24) is 0 Å². The Morgan fingerprint density at radius 2 is 1.92 bits per heavy atom. The highest BCUT2D eigenvalue weighted by atomic mass is 28.3. The Kier molecular flexibility index (Phi) is 6.83. The Balaban J connectivity index is 0. The number of rotatable bonds is 4. The summed E-state index contributed by atoms with van der Waals surface area (Å²) in [6.45, 7) is 6.93. The normalized spacial score (nSPS) is 9.92. The second-order valence-electron chi connectivity index (χ2n) is 3.60. The van der Waals surface area contributed by atoms with E-state index in [1.54, 1.807) is 0 Å². The molecule has 0 aromatic carbocycles. The average Bonchev–Trinajstić information content (AvgIpc) is 1.85. The molecule has 72 valence electrons. The zero-order valence-corrected chi connectivity index (χ0v) is 8.72. The molecule has 0 saturated carbocycles. The third-order valence-electron chi connectivity index (χ3n) is 1.19. The van der Waals surface area contributed by atoms with Crippen molar-refractivity contribution in [2.24, 2.45) is 0 Å². The molecule has 0 saturated heterocycles. The highest BCUT2D eigenvalue weighted by Gasteiger charge is 2.13. The van der Waals surface area contributed by atoms with Gasteiger partial charge < -0.3 is 10.2 Å². The van der Waals surface area contributed by atoms with Crippen molar-refractivity contribution in [2.45, 2.75) is 25.7 Å². The summed E-state index contributed by atoms with van der Waals surface area (Å²) in [6.07, 6.45) is 0.199. The third kappa shape index (κ3) is 9.32. The first-order valence-electron chi connectivity index (χ1n) is 3.57. The van der Waals surface area contributed by atoms with Gasteiger partial charge in [0.25, 0.3) is 0 Å². The van der Waals surface area contributed by atoms with Gasteiger partial charge in [0.1, 0.15) is 0 Å². The molecular formula is C7H16O4Si. The largest absolute Gasteiger partial charge is 0.460 e. The van der Waals surface area contributed by atoms with Gasteiger partial charge in [-0.25, -0.2) is 4.79 Å². The predicted octanol–water partition coefficient (Wildman–Crippen LogP) is 0.242. The van der Waals surface area contributed by atoms with Crippen LogP contribution in [-0.4, -0.2) is 32.4 Å². The first-order chi connectivity index (χ1) is 4.95. The Morgan fingerprint density at radius 3 is 2.25 bits per heavy atom. The summed E-state index contributed by atoms with van der Waals surface area (Å²) in [5.74, 6) is -0.761. The molecule has 0 aromatic rings. The smallest absolute Gasteiger partial charge is 0.371 e. The molecule has 0 heterocycles. The standard InChI is InChI=1S/C7H14O3Si.H2O/c1-11(2,3)5-4-10-7(9)6-8;/h6H,4-5H2,1-3H3;1H2. The maximum absolute atomic E-state index is 10.3. The van der Waals surface area contributed by atoms with Crippen molar-refractivity contribution in [3.8, 4) is 0 Å². The molecule has 0 aromatic heterocycles. The first kappa shape index (κ1) is 13.9. The fraction of sp³-hybridized carbons (Fsp3) is 0.714. The summed E-state index contributed by atoms with van der Waals surface area (Å²) in [7, 11) is -1.13. The molecule has 0 unspecified atom stereocenters. The van der Waals surface area contributed by atoms with E-state index < -0.39 is 14.0 Å². The van der Waals surface area contributed by atoms with Crippen LogP contribution in [0.1, 0.15) is 0 Å². The molecule has 4 nitrogen and oxygen atoms in total. The van der Waals surface area contributed by atoms with Gasteiger partial charge in [-0.1, -0.05) is 19.6 Å². The molecule has 0 radical (unpaired) electrons. The van der Waals surface area contributed by atoms with E-state index in [0.29, 0.717) is 6.61 Å². The zero-order valence-electron chi connectivity index (χ0n) is 7.72. The quantitative estimate of drug-likeness (QED) is 0.277. The van der Waals surface area contributed by atoms with Crippen LogP contribution in [-0.2, 0) is 14.3 Å². The topological polar surface area (TPSA) is 74.9 Å². The Morgan fingerprint density at radius 1 is 1.42 bits per heavy atom. The zero-order chi connectivity index (χ0) is 8.91. The number of ether oxygens (including phenoxy) is 1. The SMILES string of the molecule is C[Si](C)(C)CCOC(=O)C=O.O. The minimum absolute atomic E-state index is 0. The van der Waals surface area contributed by atoms with Gasteiger partial charge in [-0.2, -0.15) is 0 Å². The van der Waals surface area contributed by atoms with Gasteiger partial charge in [-0.05, 0) is 6.04 Å². The van der Waals surface area contributed by atoms with Gasteiger partial charge in [-0.3, -0.25) is 4.79 Å². The number of carbonyl (C=O) groups excluding carboxylic acids is 2. The monoisotopic (exact) mass is 192 g/mol. The van der Waals surface area contributed by atoms with Crippen LogP contribution in [0.2, 0.25) is 25.7 Å². The van der Waals surface area contributed by atoms with Gasteiger partial charge in [0.2, 0.25) is 6.29 Å². The average molecular weight is 192 g/mol. The van der Waals surface area contributed by atoms with Crippen molar-refractivity contribution in [3.63, 3.8) is 0 Å². The van der Waals surface area contributed by atoms with Gasteiger partial charge in [0.15, 0.2) is 0 Å². The number of hydrogen-bond donors (Lipinski definition) is 0. The number of aldehydes is 1. The third-order valence-corrected chi connectivity index (χ3v) is 2.90. The molecule has 0 rings (SSSR count). The number of carbonyl (C=O) groups is 2. The highest BCUT2D eigenvalue weighted by Crippen LogP contribution is 2.07. The first-order valence-corrected chi connectivity index (χ1v) is 7.28. The van der Waals surface area contributed by atoms with E-state index in [0.717, 1.165) is 6.04 Å². The maximum atomic E-state index is 10.3. The minimum atomic E-state index is -1.13. The molecular weight excluding hydrogens is 176 g/mol. The maximum Gasteiger partial charge on any atom is 0.371 e. The molecule has 0 fully saturated rings. The van der Waals surface area contributed by atoms with Gasteiger partial charge in [-0.15, -0.1) is 0 Å². The molecule has 0 amide bonds. The fourth-order valence-corrected chi connectivity index (χ4v) is 1.21. The van der Waals surface area contributed by atoms with E-state index in [1.165, 1.54) is 0 Å². The molecule has 2 N–H and O–H groups in total. The molecule has 0 aliphatic rings. The molecule has 12 heavy (non-hydrogen) atoms. The van der Waals surface area contributed by atoms with Crippen molar-refractivity contribution >= 4 is 20.3 Å². The van der Waals surface area contributed by atoms with Crippen molar-refractivity contribution in [2.75, 3.05) is 6.61 Å². The van der Waals surface area contributed by atoms with Crippen LogP contribution in [0, 0.1) is 0 Å². The van der Waals surface area contributed by atoms with E-state index in [2.05, 4.69) is 24.4 Å². The van der Waals surface area contributed by atoms with Crippen LogP contribution in [0.25, 0.3) is 0 Å². The number of hydrogen-bond acceptors (Lipinski definition) is 3. The van der Waals surface area contributed by atoms with Gasteiger partial charge in [0, 0.05) is 8.07 Å². The molecule has 5 heteroatoms. The minimum Gasteiger partial charge on any atom is -0.460 e. The Hall–Kier alpha value is -0.683. The lowest BCUT2D eigenvalue weighted by atomic mass is 10.7. The van der Waals surface area contributed by atoms with Crippen LogP contribution >= 0.6 is 0 Å². The summed E-state index contributed by atoms with van der Waals surface area (Å²) in [4.78, 5) is 20.1. The van der Waals surface area contributed by atoms with E-state index in [4.69, 9.17) is 0 Å². The molecule has 0 aliphatic heterocycles. The Bertz CT molecular complexity index is 150. The van der Waals surface area contributed by atoms with E-state index >= 15 is 0 Å².